The molecule has 12 nitrogen and oxygen atoms in total. The maximum atomic E-state index is 13.4. The molecule has 4 unspecified atom stereocenters. The molecule has 0 aromatic heterocycles. The standard InChI is InChI=1S/C42H72N4O8/c1-6-44-20-21-45(7-2)27-42(26-44,46(24-38(51)52)25-39(53)54)18-9-8-10-36(48)43-30-17-19-40(4)29(22-30)12-13-31-33-15-14-32(28(3)11-16-37(49)50)41(33,5)35(47)23-34(31)40/h28-35,47H,6-27H2,1-5H3,(H,43,48)(H,49,50)(H,51,52)(H,53,54)/t28?,29-,30+,31?,32-,33?,34?,35+,40+,41-/m1/s1. The van der Waals surface area contributed by atoms with Crippen LogP contribution in [0.2, 0.25) is 0 Å². The summed E-state index contributed by atoms with van der Waals surface area (Å²) in [4.78, 5) is 54.9. The van der Waals surface area contributed by atoms with Crippen LogP contribution < -0.4 is 5.32 Å². The van der Waals surface area contributed by atoms with Crippen molar-refractivity contribution in [2.75, 3.05) is 52.4 Å². The monoisotopic (exact) mass is 761 g/mol. The van der Waals surface area contributed by atoms with Crippen molar-refractivity contribution in [2.45, 2.75) is 142 Å². The van der Waals surface area contributed by atoms with E-state index in [0.29, 0.717) is 74.8 Å². The number of nitrogens with zero attached hydrogens (tertiary/aromatic N) is 3. The van der Waals surface area contributed by atoms with Crippen LogP contribution in [0.3, 0.4) is 0 Å². The quantitative estimate of drug-likeness (QED) is 0.126. The van der Waals surface area contributed by atoms with E-state index in [0.717, 1.165) is 71.1 Å². The summed E-state index contributed by atoms with van der Waals surface area (Å²) >= 11 is 0. The molecular formula is C42H72N4O8. The van der Waals surface area contributed by atoms with Gasteiger partial charge in [-0.05, 0) is 130 Å². The first-order chi connectivity index (χ1) is 25.6. The molecule has 4 saturated carbocycles. The van der Waals surface area contributed by atoms with Crippen LogP contribution >= 0.6 is 0 Å². The van der Waals surface area contributed by atoms with Gasteiger partial charge in [-0.3, -0.25) is 24.1 Å². The number of unbranched alkanes of at least 4 members (excludes halogenated alkanes) is 1. The van der Waals surface area contributed by atoms with Crippen molar-refractivity contribution in [3.05, 3.63) is 0 Å². The molecule has 0 aromatic rings. The molecule has 0 radical (unpaired) electrons. The molecule has 0 aromatic carbocycles. The fourth-order valence-electron chi connectivity index (χ4n) is 13.0. The van der Waals surface area contributed by atoms with Gasteiger partial charge in [0.1, 0.15) is 0 Å². The molecule has 10 atom stereocenters. The van der Waals surface area contributed by atoms with E-state index in [2.05, 4.69) is 49.7 Å². The average molecular weight is 761 g/mol. The largest absolute Gasteiger partial charge is 0.481 e. The van der Waals surface area contributed by atoms with Crippen molar-refractivity contribution < 1.29 is 39.6 Å². The summed E-state index contributed by atoms with van der Waals surface area (Å²) in [7, 11) is 0. The highest BCUT2D eigenvalue weighted by Crippen LogP contribution is 2.68. The van der Waals surface area contributed by atoms with Crippen molar-refractivity contribution in [1.82, 2.24) is 20.0 Å². The lowest BCUT2D eigenvalue weighted by atomic mass is 9.43. The molecule has 1 heterocycles. The summed E-state index contributed by atoms with van der Waals surface area (Å²) in [6, 6.07) is 0.142. The molecule has 0 bridgehead atoms. The molecule has 54 heavy (non-hydrogen) atoms. The molecule has 1 aliphatic heterocycles. The highest BCUT2D eigenvalue weighted by atomic mass is 16.4. The minimum Gasteiger partial charge on any atom is -0.481 e. The SMILES string of the molecule is CCN1CCN(CC)CC(CCCCC(=O)N[C@H]2CC[C@]3(C)C4C[C@H](O)[C@@]5(C)C(CC[C@@H]5C(C)CCC(=O)O)C4CC[C@@H]3C2)(N(CC(=O)O)CC(=O)O)C1. The first kappa shape index (κ1) is 42.9. The third-order valence-corrected chi connectivity index (χ3v) is 16.0. The van der Waals surface area contributed by atoms with Gasteiger partial charge in [-0.25, -0.2) is 0 Å². The first-order valence-corrected chi connectivity index (χ1v) is 21.4. The maximum Gasteiger partial charge on any atom is 0.317 e. The summed E-state index contributed by atoms with van der Waals surface area (Å²) < 4.78 is 0. The van der Waals surface area contributed by atoms with E-state index in [1.807, 2.05) is 0 Å². The number of aliphatic carboxylic acids is 3. The number of carboxylic acids is 3. The number of nitrogens with one attached hydrogen (secondary N) is 1. The molecule has 4 aliphatic carbocycles. The zero-order valence-corrected chi connectivity index (χ0v) is 33.9. The number of hydrogen-bond donors (Lipinski definition) is 5. The van der Waals surface area contributed by atoms with Gasteiger partial charge in [0.25, 0.3) is 0 Å². The Labute approximate surface area is 323 Å². The van der Waals surface area contributed by atoms with Crippen molar-refractivity contribution in [1.29, 1.82) is 0 Å². The first-order valence-electron chi connectivity index (χ1n) is 21.4. The molecule has 5 aliphatic rings. The normalized spacial score (nSPS) is 36.0. The molecule has 1 saturated heterocycles. The number of fused-ring (bicyclic) bond motifs is 5. The number of aliphatic hydroxyl groups excluding tert-OH is 1. The maximum absolute atomic E-state index is 13.4. The second-order valence-corrected chi connectivity index (χ2v) is 18.7. The van der Waals surface area contributed by atoms with Crippen LogP contribution in [0.5, 0.6) is 0 Å². The summed E-state index contributed by atoms with van der Waals surface area (Å²) in [6.07, 6.45) is 11.2. The molecule has 1 amide bonds. The molecular weight excluding hydrogens is 688 g/mol. The lowest BCUT2D eigenvalue weighted by molar-refractivity contribution is -0.170. The average Bonchev–Trinajstić information content (AvgIpc) is 3.36. The minimum absolute atomic E-state index is 0.0587. The number of aliphatic hydroxyl groups is 1. The van der Waals surface area contributed by atoms with Gasteiger partial charge in [0.15, 0.2) is 0 Å². The topological polar surface area (TPSA) is 171 Å². The molecule has 5 fully saturated rings. The third-order valence-electron chi connectivity index (χ3n) is 16.0. The van der Waals surface area contributed by atoms with Crippen molar-refractivity contribution >= 4 is 23.8 Å². The molecule has 5 N–H and O–H groups in total. The second kappa shape index (κ2) is 17.9. The zero-order valence-electron chi connectivity index (χ0n) is 33.9. The van der Waals surface area contributed by atoms with E-state index in [4.69, 9.17) is 0 Å². The summed E-state index contributed by atoms with van der Waals surface area (Å²) in [5, 5.41) is 44.1. The Morgan fingerprint density at radius 3 is 2.06 bits per heavy atom. The number of carbonyl (C=O) groups excluding carboxylic acids is 1. The van der Waals surface area contributed by atoms with Crippen LogP contribution in [0.1, 0.15) is 125 Å². The number of carbonyl (C=O) groups is 4. The van der Waals surface area contributed by atoms with Crippen LogP contribution in [0, 0.1) is 46.3 Å². The Hall–Kier alpha value is -2.28. The fourth-order valence-corrected chi connectivity index (χ4v) is 13.0. The van der Waals surface area contributed by atoms with Crippen LogP contribution in [-0.4, -0.2) is 129 Å². The highest BCUT2D eigenvalue weighted by Gasteiger charge is 2.63. The molecule has 5 rings (SSSR count). The number of rotatable bonds is 17. The summed E-state index contributed by atoms with van der Waals surface area (Å²) in [5.74, 6) is -0.0580. The van der Waals surface area contributed by atoms with Gasteiger partial charge < -0.3 is 35.5 Å². The Morgan fingerprint density at radius 2 is 1.46 bits per heavy atom. The van der Waals surface area contributed by atoms with Gasteiger partial charge in [-0.1, -0.05) is 41.0 Å². The van der Waals surface area contributed by atoms with Gasteiger partial charge in [-0.15, -0.1) is 0 Å². The van der Waals surface area contributed by atoms with E-state index in [-0.39, 0.29) is 54.3 Å². The number of carboxylic acid groups (broad SMARTS) is 3. The van der Waals surface area contributed by atoms with E-state index in [1.54, 1.807) is 4.90 Å². The molecule has 308 valence electrons. The summed E-state index contributed by atoms with van der Waals surface area (Å²) in [5.41, 5.74) is -0.660. The van der Waals surface area contributed by atoms with Crippen LogP contribution in [0.25, 0.3) is 0 Å². The van der Waals surface area contributed by atoms with E-state index < -0.39 is 23.4 Å². The smallest absolute Gasteiger partial charge is 0.317 e. The van der Waals surface area contributed by atoms with Crippen LogP contribution in [-0.2, 0) is 19.2 Å². The lowest BCUT2D eigenvalue weighted by Gasteiger charge is -2.62. The highest BCUT2D eigenvalue weighted by molar-refractivity contribution is 5.76. The van der Waals surface area contributed by atoms with E-state index in [1.165, 1.54) is 6.42 Å². The Balaban J connectivity index is 1.16. The van der Waals surface area contributed by atoms with Crippen LogP contribution in [0.4, 0.5) is 0 Å². The minimum atomic E-state index is -1.03. The van der Waals surface area contributed by atoms with Crippen molar-refractivity contribution in [3.8, 4) is 0 Å². The predicted octanol–water partition coefficient (Wildman–Crippen LogP) is 5.03. The molecule has 0 spiro atoms. The fraction of sp³-hybridized carbons (Fsp3) is 0.905. The predicted molar refractivity (Wildman–Crippen MR) is 207 cm³/mol. The van der Waals surface area contributed by atoms with Gasteiger partial charge in [0, 0.05) is 50.6 Å². The third kappa shape index (κ3) is 9.13. The van der Waals surface area contributed by atoms with E-state index >= 15 is 0 Å². The van der Waals surface area contributed by atoms with E-state index in [9.17, 15) is 39.6 Å². The van der Waals surface area contributed by atoms with Gasteiger partial charge in [-0.2, -0.15) is 0 Å². The number of hydrogen-bond acceptors (Lipinski definition) is 8. The molecule has 12 heteroatoms. The Morgan fingerprint density at radius 1 is 0.815 bits per heavy atom. The van der Waals surface area contributed by atoms with Crippen LogP contribution in [0.15, 0.2) is 0 Å². The van der Waals surface area contributed by atoms with Gasteiger partial charge in [0.2, 0.25) is 5.91 Å². The second-order valence-electron chi connectivity index (χ2n) is 18.7. The number of likely N-dealkylation sites (N-methyl/N-ethyl adjacent to an activating group) is 2. The van der Waals surface area contributed by atoms with Crippen molar-refractivity contribution in [3.63, 3.8) is 0 Å². The van der Waals surface area contributed by atoms with Gasteiger partial charge >= 0.3 is 17.9 Å². The Kier molecular flexibility index (Phi) is 14.2. The van der Waals surface area contributed by atoms with Crippen molar-refractivity contribution in [2.24, 2.45) is 46.3 Å². The summed E-state index contributed by atoms with van der Waals surface area (Å²) in [6.45, 7) is 15.0. The Bertz CT molecular complexity index is 1300. The van der Waals surface area contributed by atoms with Gasteiger partial charge in [0.05, 0.1) is 19.2 Å². The number of amides is 1. The lowest BCUT2D eigenvalue weighted by Crippen LogP contribution is -2.61. The zero-order chi connectivity index (χ0) is 39.4.